The van der Waals surface area contributed by atoms with E-state index in [4.69, 9.17) is 8.83 Å². The number of hydrogen-bond donors (Lipinski definition) is 3. The molecule has 0 fully saturated rings. The summed E-state index contributed by atoms with van der Waals surface area (Å²) in [6.45, 7) is 0. The SMILES string of the molecule is O=c1oc2cc(O)c(-c3nnc(O)n3-c3ccccc3-c3nnn[nH]3)cc2o1. The van der Waals surface area contributed by atoms with Crippen LogP contribution in [0.2, 0.25) is 0 Å². The van der Waals surface area contributed by atoms with Crippen molar-refractivity contribution in [3.8, 4) is 40.2 Å². The molecule has 0 saturated carbocycles. The Morgan fingerprint density at radius 2 is 1.75 bits per heavy atom. The summed E-state index contributed by atoms with van der Waals surface area (Å²) in [5, 5.41) is 42.0. The normalized spacial score (nSPS) is 11.3. The summed E-state index contributed by atoms with van der Waals surface area (Å²) in [5.41, 5.74) is 1.36. The number of aromatic nitrogens is 7. The van der Waals surface area contributed by atoms with E-state index in [1.165, 1.54) is 16.7 Å². The quantitative estimate of drug-likeness (QED) is 0.414. The molecule has 12 nitrogen and oxygen atoms in total. The smallest absolute Gasteiger partial charge is 0.507 e. The molecule has 12 heteroatoms. The maximum absolute atomic E-state index is 11.3. The van der Waals surface area contributed by atoms with Gasteiger partial charge >= 0.3 is 11.8 Å². The molecule has 0 saturated heterocycles. The molecule has 0 amide bonds. The van der Waals surface area contributed by atoms with E-state index in [0.29, 0.717) is 17.1 Å². The summed E-state index contributed by atoms with van der Waals surface area (Å²) in [5.74, 6) is -0.695. The van der Waals surface area contributed by atoms with Crippen molar-refractivity contribution in [1.29, 1.82) is 0 Å². The number of hydrogen-bond acceptors (Lipinski definition) is 10. The van der Waals surface area contributed by atoms with E-state index in [1.807, 2.05) is 0 Å². The zero-order valence-electron chi connectivity index (χ0n) is 13.8. The van der Waals surface area contributed by atoms with Crippen molar-refractivity contribution in [2.75, 3.05) is 0 Å². The highest BCUT2D eigenvalue weighted by Crippen LogP contribution is 2.36. The largest absolute Gasteiger partial charge is 0.519 e. The van der Waals surface area contributed by atoms with Gasteiger partial charge in [-0.05, 0) is 28.6 Å². The molecular weight excluding hydrogens is 370 g/mol. The van der Waals surface area contributed by atoms with Crippen molar-refractivity contribution in [3.05, 3.63) is 47.0 Å². The Labute approximate surface area is 153 Å². The van der Waals surface area contributed by atoms with Gasteiger partial charge in [-0.3, -0.25) is 0 Å². The molecule has 3 N–H and O–H groups in total. The van der Waals surface area contributed by atoms with Crippen LogP contribution >= 0.6 is 0 Å². The van der Waals surface area contributed by atoms with E-state index in [2.05, 4.69) is 30.8 Å². The standard InChI is InChI=1S/C16H9N7O5/c24-10-6-12-11(27-16(26)28-12)5-8(10)14-19-20-15(25)23(14)9-4-2-1-3-7(9)13-17-21-22-18-13/h1-6,24H,(H,20,25)(H,17,18,21,22). The summed E-state index contributed by atoms with van der Waals surface area (Å²) >= 11 is 0. The number of aromatic amines is 1. The van der Waals surface area contributed by atoms with Crippen LogP contribution in [0.25, 0.3) is 39.6 Å². The van der Waals surface area contributed by atoms with Crippen LogP contribution < -0.4 is 5.82 Å². The Balaban J connectivity index is 1.77. The van der Waals surface area contributed by atoms with Crippen molar-refractivity contribution >= 4 is 11.2 Å². The maximum Gasteiger partial charge on any atom is 0.519 e. The van der Waals surface area contributed by atoms with E-state index < -0.39 is 11.8 Å². The molecule has 5 rings (SSSR count). The summed E-state index contributed by atoms with van der Waals surface area (Å²) < 4.78 is 11.1. The van der Waals surface area contributed by atoms with Gasteiger partial charge in [0.05, 0.1) is 11.3 Å². The van der Waals surface area contributed by atoms with Crippen LogP contribution in [0.4, 0.5) is 0 Å². The van der Waals surface area contributed by atoms with E-state index in [9.17, 15) is 15.0 Å². The minimum atomic E-state index is -0.904. The van der Waals surface area contributed by atoms with Gasteiger partial charge < -0.3 is 19.0 Å². The van der Waals surface area contributed by atoms with Crippen LogP contribution in [0, 0.1) is 0 Å². The molecule has 2 aromatic carbocycles. The van der Waals surface area contributed by atoms with Crippen LogP contribution in [0.15, 0.2) is 50.0 Å². The van der Waals surface area contributed by atoms with Gasteiger partial charge in [0.1, 0.15) is 5.75 Å². The van der Waals surface area contributed by atoms with Gasteiger partial charge in [0.2, 0.25) is 0 Å². The van der Waals surface area contributed by atoms with Crippen molar-refractivity contribution in [2.45, 2.75) is 0 Å². The summed E-state index contributed by atoms with van der Waals surface area (Å²) in [7, 11) is 0. The summed E-state index contributed by atoms with van der Waals surface area (Å²) in [6.07, 6.45) is 0. The van der Waals surface area contributed by atoms with Crippen molar-refractivity contribution < 1.29 is 19.0 Å². The number of nitrogens with one attached hydrogen (secondary N) is 1. The monoisotopic (exact) mass is 379 g/mol. The van der Waals surface area contributed by atoms with E-state index in [-0.39, 0.29) is 28.3 Å². The average molecular weight is 379 g/mol. The molecule has 0 bridgehead atoms. The van der Waals surface area contributed by atoms with Gasteiger partial charge in [-0.15, -0.1) is 10.2 Å². The Morgan fingerprint density at radius 1 is 0.964 bits per heavy atom. The molecule has 28 heavy (non-hydrogen) atoms. The van der Waals surface area contributed by atoms with Crippen molar-refractivity contribution in [2.24, 2.45) is 0 Å². The minimum absolute atomic E-state index is 0.0784. The highest BCUT2D eigenvalue weighted by atomic mass is 16.6. The molecule has 0 unspecified atom stereocenters. The predicted octanol–water partition coefficient (Wildman–Crippen LogP) is 1.22. The topological polar surface area (TPSA) is 169 Å². The number of H-pyrrole nitrogens is 1. The molecule has 0 radical (unpaired) electrons. The first-order valence-corrected chi connectivity index (χ1v) is 7.87. The summed E-state index contributed by atoms with van der Waals surface area (Å²) in [6, 6.07) is 9.10. The van der Waals surface area contributed by atoms with Gasteiger partial charge in [0.25, 0.3) is 0 Å². The van der Waals surface area contributed by atoms with Gasteiger partial charge in [0, 0.05) is 11.6 Å². The Bertz CT molecular complexity index is 1370. The lowest BCUT2D eigenvalue weighted by molar-refractivity contribution is 0.409. The van der Waals surface area contributed by atoms with Crippen LogP contribution in [0.5, 0.6) is 11.8 Å². The van der Waals surface area contributed by atoms with Crippen LogP contribution in [0.3, 0.4) is 0 Å². The van der Waals surface area contributed by atoms with Gasteiger partial charge in [0.15, 0.2) is 22.8 Å². The van der Waals surface area contributed by atoms with Crippen LogP contribution in [-0.2, 0) is 0 Å². The second-order valence-electron chi connectivity index (χ2n) is 5.70. The zero-order chi connectivity index (χ0) is 19.3. The number of rotatable bonds is 3. The van der Waals surface area contributed by atoms with Crippen molar-refractivity contribution in [1.82, 2.24) is 35.4 Å². The third-order valence-corrected chi connectivity index (χ3v) is 4.08. The number of fused-ring (bicyclic) bond motifs is 1. The molecular formula is C16H9N7O5. The second-order valence-corrected chi connectivity index (χ2v) is 5.70. The number of phenols is 1. The number of nitrogens with zero attached hydrogens (tertiary/aromatic N) is 6. The molecule has 3 aromatic heterocycles. The number of aromatic hydroxyl groups is 2. The van der Waals surface area contributed by atoms with Gasteiger partial charge in [-0.25, -0.2) is 14.5 Å². The van der Waals surface area contributed by atoms with E-state index in [1.54, 1.807) is 24.3 Å². The Hall–Kier alpha value is -4.48. The summed E-state index contributed by atoms with van der Waals surface area (Å²) in [4.78, 5) is 11.3. The molecule has 0 aliphatic rings. The molecule has 138 valence electrons. The van der Waals surface area contributed by atoms with Gasteiger partial charge in [-0.1, -0.05) is 17.2 Å². The molecule has 0 atom stereocenters. The lowest BCUT2D eigenvalue weighted by atomic mass is 10.1. The fourth-order valence-corrected chi connectivity index (χ4v) is 2.90. The number of para-hydroxylation sites is 1. The van der Waals surface area contributed by atoms with E-state index >= 15 is 0 Å². The maximum atomic E-state index is 11.3. The molecule has 0 spiro atoms. The fourth-order valence-electron chi connectivity index (χ4n) is 2.90. The van der Waals surface area contributed by atoms with Crippen LogP contribution in [-0.4, -0.2) is 45.6 Å². The first kappa shape index (κ1) is 15.7. The first-order valence-electron chi connectivity index (χ1n) is 7.87. The Morgan fingerprint density at radius 3 is 2.54 bits per heavy atom. The highest BCUT2D eigenvalue weighted by molar-refractivity contribution is 5.82. The fraction of sp³-hybridized carbons (Fsp3) is 0. The number of benzene rings is 2. The third kappa shape index (κ3) is 2.32. The third-order valence-electron chi connectivity index (χ3n) is 4.08. The Kier molecular flexibility index (Phi) is 3.24. The first-order chi connectivity index (χ1) is 13.6. The molecule has 3 heterocycles. The lowest BCUT2D eigenvalue weighted by Gasteiger charge is -2.11. The minimum Gasteiger partial charge on any atom is -0.507 e. The second kappa shape index (κ2) is 5.77. The van der Waals surface area contributed by atoms with Gasteiger partial charge in [-0.2, -0.15) is 0 Å². The molecule has 0 aliphatic carbocycles. The highest BCUT2D eigenvalue weighted by Gasteiger charge is 2.22. The van der Waals surface area contributed by atoms with Crippen LogP contribution in [0.1, 0.15) is 0 Å². The lowest BCUT2D eigenvalue weighted by Crippen LogP contribution is -2.00. The van der Waals surface area contributed by atoms with E-state index in [0.717, 1.165) is 0 Å². The average Bonchev–Trinajstić information content (AvgIpc) is 3.40. The van der Waals surface area contributed by atoms with Crippen molar-refractivity contribution in [3.63, 3.8) is 0 Å². The number of phenolic OH excluding ortho intramolecular Hbond substituents is 1. The molecule has 5 aromatic rings. The number of tetrazole rings is 1. The predicted molar refractivity (Wildman–Crippen MR) is 91.6 cm³/mol. The molecule has 0 aliphatic heterocycles. The zero-order valence-corrected chi connectivity index (χ0v) is 13.8.